The van der Waals surface area contributed by atoms with Gasteiger partial charge in [-0.2, -0.15) is 0 Å². The van der Waals surface area contributed by atoms with Crippen molar-refractivity contribution in [2.45, 2.75) is 12.8 Å². The van der Waals surface area contributed by atoms with Crippen LogP contribution >= 0.6 is 11.3 Å². The summed E-state index contributed by atoms with van der Waals surface area (Å²) in [5.41, 5.74) is 1.43. The molecule has 1 aliphatic heterocycles. The maximum Gasteiger partial charge on any atom is 0.321 e. The van der Waals surface area contributed by atoms with Crippen molar-refractivity contribution >= 4 is 34.6 Å². The summed E-state index contributed by atoms with van der Waals surface area (Å²) in [5, 5.41) is 7.56. The minimum Gasteiger partial charge on any atom is -0.325 e. The molecule has 5 nitrogen and oxygen atoms in total. The van der Waals surface area contributed by atoms with E-state index in [9.17, 15) is 9.59 Å². The summed E-state index contributed by atoms with van der Waals surface area (Å²) in [6.45, 7) is 1.64. The smallest absolute Gasteiger partial charge is 0.321 e. The third kappa shape index (κ3) is 3.46. The summed E-state index contributed by atoms with van der Waals surface area (Å²) in [4.78, 5) is 26.4. The van der Waals surface area contributed by atoms with Crippen LogP contribution in [0.25, 0.3) is 0 Å². The van der Waals surface area contributed by atoms with Gasteiger partial charge in [-0.25, -0.2) is 4.79 Å². The third-order valence-corrected chi connectivity index (χ3v) is 4.40. The summed E-state index contributed by atoms with van der Waals surface area (Å²) >= 11 is 1.40. The molecule has 1 saturated heterocycles. The topological polar surface area (TPSA) is 61.4 Å². The Morgan fingerprint density at radius 1 is 0.955 bits per heavy atom. The van der Waals surface area contributed by atoms with Gasteiger partial charge in [-0.1, -0.05) is 6.07 Å². The van der Waals surface area contributed by atoms with Gasteiger partial charge in [0.15, 0.2) is 0 Å². The van der Waals surface area contributed by atoms with E-state index in [1.807, 2.05) is 16.3 Å². The molecule has 0 saturated carbocycles. The molecule has 0 bridgehead atoms. The monoisotopic (exact) mass is 315 g/mol. The second-order valence-electron chi connectivity index (χ2n) is 5.13. The molecule has 3 rings (SSSR count). The first-order valence-electron chi connectivity index (χ1n) is 7.23. The Hall–Kier alpha value is -2.34. The van der Waals surface area contributed by atoms with E-state index in [4.69, 9.17) is 0 Å². The SMILES string of the molecule is O=C(Nc1ccc(NC(=O)N2CCCC2)cc1)c1cccs1. The zero-order chi connectivity index (χ0) is 15.4. The molecule has 114 valence electrons. The average molecular weight is 315 g/mol. The van der Waals surface area contributed by atoms with Gasteiger partial charge in [0.05, 0.1) is 4.88 Å². The minimum absolute atomic E-state index is 0.0622. The summed E-state index contributed by atoms with van der Waals surface area (Å²) in [6.07, 6.45) is 2.14. The van der Waals surface area contributed by atoms with E-state index >= 15 is 0 Å². The van der Waals surface area contributed by atoms with Crippen molar-refractivity contribution < 1.29 is 9.59 Å². The van der Waals surface area contributed by atoms with E-state index in [1.165, 1.54) is 11.3 Å². The number of thiophene rings is 1. The van der Waals surface area contributed by atoms with Crippen LogP contribution in [0.4, 0.5) is 16.2 Å². The van der Waals surface area contributed by atoms with Crippen LogP contribution in [0, 0.1) is 0 Å². The molecule has 0 radical (unpaired) electrons. The van der Waals surface area contributed by atoms with Crippen molar-refractivity contribution in [3.8, 4) is 0 Å². The number of hydrogen-bond donors (Lipinski definition) is 2. The molecule has 2 aromatic rings. The van der Waals surface area contributed by atoms with Crippen LogP contribution in [-0.2, 0) is 0 Å². The fourth-order valence-electron chi connectivity index (χ4n) is 2.36. The van der Waals surface area contributed by atoms with Crippen molar-refractivity contribution in [1.82, 2.24) is 4.90 Å². The average Bonchev–Trinajstić information content (AvgIpc) is 3.23. The Labute approximate surface area is 132 Å². The first kappa shape index (κ1) is 14.6. The maximum atomic E-state index is 12.0. The Morgan fingerprint density at radius 2 is 1.59 bits per heavy atom. The molecule has 22 heavy (non-hydrogen) atoms. The van der Waals surface area contributed by atoms with Crippen molar-refractivity contribution in [2.75, 3.05) is 23.7 Å². The van der Waals surface area contributed by atoms with Gasteiger partial charge in [-0.3, -0.25) is 4.79 Å². The Bertz CT molecular complexity index is 647. The number of likely N-dealkylation sites (tertiary alicyclic amines) is 1. The van der Waals surface area contributed by atoms with Gasteiger partial charge >= 0.3 is 6.03 Å². The van der Waals surface area contributed by atoms with Crippen molar-refractivity contribution in [2.24, 2.45) is 0 Å². The quantitative estimate of drug-likeness (QED) is 0.908. The molecule has 1 aromatic heterocycles. The highest BCUT2D eigenvalue weighted by atomic mass is 32.1. The molecule has 2 heterocycles. The maximum absolute atomic E-state index is 12.0. The molecular weight excluding hydrogens is 298 g/mol. The first-order chi connectivity index (χ1) is 10.7. The van der Waals surface area contributed by atoms with Gasteiger partial charge < -0.3 is 15.5 Å². The number of benzene rings is 1. The van der Waals surface area contributed by atoms with Crippen LogP contribution in [0.3, 0.4) is 0 Å². The van der Waals surface area contributed by atoms with Gasteiger partial charge in [0.1, 0.15) is 0 Å². The van der Waals surface area contributed by atoms with Crippen molar-refractivity contribution in [3.05, 3.63) is 46.7 Å². The van der Waals surface area contributed by atoms with Crippen LogP contribution in [0.15, 0.2) is 41.8 Å². The molecule has 1 aromatic carbocycles. The number of carbonyl (C=O) groups is 2. The van der Waals surface area contributed by atoms with Gasteiger partial charge in [-0.05, 0) is 48.6 Å². The number of nitrogens with one attached hydrogen (secondary N) is 2. The molecular formula is C16H17N3O2S. The second-order valence-corrected chi connectivity index (χ2v) is 6.08. The number of hydrogen-bond acceptors (Lipinski definition) is 3. The van der Waals surface area contributed by atoms with Gasteiger partial charge in [-0.15, -0.1) is 11.3 Å². The lowest BCUT2D eigenvalue weighted by molar-refractivity contribution is 0.103. The number of rotatable bonds is 3. The van der Waals surface area contributed by atoms with E-state index in [2.05, 4.69) is 10.6 Å². The van der Waals surface area contributed by atoms with E-state index in [-0.39, 0.29) is 11.9 Å². The number of nitrogens with zero attached hydrogens (tertiary/aromatic N) is 1. The van der Waals surface area contributed by atoms with Crippen LogP contribution in [-0.4, -0.2) is 29.9 Å². The van der Waals surface area contributed by atoms with Gasteiger partial charge in [0.25, 0.3) is 5.91 Å². The fraction of sp³-hybridized carbons (Fsp3) is 0.250. The third-order valence-electron chi connectivity index (χ3n) is 3.53. The largest absolute Gasteiger partial charge is 0.325 e. The van der Waals surface area contributed by atoms with Gasteiger partial charge in [0.2, 0.25) is 0 Å². The minimum atomic E-state index is -0.121. The number of anilines is 2. The molecule has 2 N–H and O–H groups in total. The highest BCUT2D eigenvalue weighted by Gasteiger charge is 2.17. The highest BCUT2D eigenvalue weighted by molar-refractivity contribution is 7.12. The predicted octanol–water partition coefficient (Wildman–Crippen LogP) is 3.63. The molecule has 6 heteroatoms. The van der Waals surface area contributed by atoms with Crippen LogP contribution < -0.4 is 10.6 Å². The second kappa shape index (κ2) is 6.62. The lowest BCUT2D eigenvalue weighted by Crippen LogP contribution is -2.32. The molecule has 0 unspecified atom stereocenters. The number of urea groups is 1. The zero-order valence-corrected chi connectivity index (χ0v) is 12.9. The van der Waals surface area contributed by atoms with Crippen LogP contribution in [0.5, 0.6) is 0 Å². The summed E-state index contributed by atoms with van der Waals surface area (Å²) in [7, 11) is 0. The summed E-state index contributed by atoms with van der Waals surface area (Å²) < 4.78 is 0. The first-order valence-corrected chi connectivity index (χ1v) is 8.11. The lowest BCUT2D eigenvalue weighted by Gasteiger charge is -2.16. The van der Waals surface area contributed by atoms with Crippen molar-refractivity contribution in [1.29, 1.82) is 0 Å². The number of carbonyl (C=O) groups excluding carboxylic acids is 2. The van der Waals surface area contributed by atoms with E-state index in [1.54, 1.807) is 30.3 Å². The molecule has 0 atom stereocenters. The summed E-state index contributed by atoms with van der Waals surface area (Å²) in [5.74, 6) is -0.121. The normalized spacial score (nSPS) is 13.9. The Balaban J connectivity index is 1.58. The Kier molecular flexibility index (Phi) is 4.39. The van der Waals surface area contributed by atoms with E-state index in [0.29, 0.717) is 10.6 Å². The lowest BCUT2D eigenvalue weighted by atomic mass is 10.2. The highest BCUT2D eigenvalue weighted by Crippen LogP contribution is 2.17. The molecule has 1 aliphatic rings. The van der Waals surface area contributed by atoms with Crippen LogP contribution in [0.2, 0.25) is 0 Å². The molecule has 0 spiro atoms. The van der Waals surface area contributed by atoms with E-state index < -0.39 is 0 Å². The molecule has 0 aliphatic carbocycles. The van der Waals surface area contributed by atoms with Gasteiger partial charge in [0, 0.05) is 24.5 Å². The van der Waals surface area contributed by atoms with Crippen LogP contribution in [0.1, 0.15) is 22.5 Å². The van der Waals surface area contributed by atoms with E-state index in [0.717, 1.165) is 31.6 Å². The zero-order valence-electron chi connectivity index (χ0n) is 12.0. The standard InChI is InChI=1S/C16H17N3O2S/c20-15(14-4-3-11-22-14)17-12-5-7-13(8-6-12)18-16(21)19-9-1-2-10-19/h3-8,11H,1-2,9-10H2,(H,17,20)(H,18,21). The molecule has 3 amide bonds. The fourth-order valence-corrected chi connectivity index (χ4v) is 2.98. The number of amides is 3. The van der Waals surface area contributed by atoms with Crippen molar-refractivity contribution in [3.63, 3.8) is 0 Å². The molecule has 1 fully saturated rings. The summed E-state index contributed by atoms with van der Waals surface area (Å²) in [6, 6.07) is 10.7. The predicted molar refractivity (Wildman–Crippen MR) is 88.5 cm³/mol. The Morgan fingerprint density at radius 3 is 2.18 bits per heavy atom.